The Labute approximate surface area is 632 Å². The lowest BCUT2D eigenvalue weighted by Crippen LogP contribution is -2.62. The monoisotopic (exact) mass is 1540 g/mol. The maximum Gasteiger partial charge on any atom is 0.245 e. The molecule has 0 bridgehead atoms. The molecule has 0 radical (unpaired) electrons. The number of phenolic OH excluding ortho intramolecular Hbond substituents is 1. The van der Waals surface area contributed by atoms with Gasteiger partial charge in [-0.2, -0.15) is 12.6 Å². The molecule has 0 fully saturated rings. The number of unbranched alkanes of at least 4 members (excludes halogenated alkanes) is 1. The van der Waals surface area contributed by atoms with Gasteiger partial charge < -0.3 is 112 Å². The maximum atomic E-state index is 14.8. The zero-order valence-corrected chi connectivity index (χ0v) is 61.8. The zero-order valence-electron chi connectivity index (χ0n) is 60.9. The molecule has 15 amide bonds. The Hall–Kier alpha value is -11.5. The van der Waals surface area contributed by atoms with Crippen LogP contribution in [0.15, 0.2) is 97.6 Å². The molecule has 109 heavy (non-hydrogen) atoms. The molecule has 0 aliphatic heterocycles. The number of H-pyrrole nitrogens is 2. The number of nitrogens with two attached hydrogens (primary N) is 4. The first-order valence-corrected chi connectivity index (χ1v) is 35.8. The second-order valence-electron chi connectivity index (χ2n) is 26.4. The topological polar surface area (TPSA) is 610 Å². The lowest BCUT2D eigenvalue weighted by molar-refractivity contribution is -0.137. The van der Waals surface area contributed by atoms with Gasteiger partial charge in [-0.15, -0.1) is 0 Å². The van der Waals surface area contributed by atoms with Crippen LogP contribution >= 0.6 is 12.6 Å². The number of para-hydroxylation sites is 1. The molecular formula is C71H99N19O18S. The first-order valence-electron chi connectivity index (χ1n) is 35.1. The van der Waals surface area contributed by atoms with E-state index < -0.39 is 205 Å². The zero-order chi connectivity index (χ0) is 80.6. The molecule has 13 atom stereocenters. The Morgan fingerprint density at radius 3 is 1.41 bits per heavy atom. The summed E-state index contributed by atoms with van der Waals surface area (Å²) in [5.74, 6) is -17.2. The predicted molar refractivity (Wildman–Crippen MR) is 397 cm³/mol. The van der Waals surface area contributed by atoms with Gasteiger partial charge in [0.2, 0.25) is 88.6 Å². The van der Waals surface area contributed by atoms with Gasteiger partial charge in [0.1, 0.15) is 78.3 Å². The van der Waals surface area contributed by atoms with E-state index in [0.717, 1.165) is 17.8 Å². The highest BCUT2D eigenvalue weighted by atomic mass is 32.1. The van der Waals surface area contributed by atoms with Crippen LogP contribution in [-0.2, 0) is 97.6 Å². The number of phenols is 1. The molecular weight excluding hydrogens is 1440 g/mol. The number of primary amides is 3. The number of amides is 15. The fourth-order valence-corrected chi connectivity index (χ4v) is 11.5. The van der Waals surface area contributed by atoms with Gasteiger partial charge in [-0.3, -0.25) is 71.9 Å². The minimum absolute atomic E-state index is 0.0193. The Kier molecular flexibility index (Phi) is 35.5. The van der Waals surface area contributed by atoms with E-state index in [1.807, 2.05) is 18.2 Å². The van der Waals surface area contributed by atoms with Crippen LogP contribution in [0, 0.1) is 11.8 Å². The molecule has 0 saturated heterocycles. The third-order valence-electron chi connectivity index (χ3n) is 17.5. The smallest absolute Gasteiger partial charge is 0.245 e. The number of aromatic hydroxyl groups is 1. The SMILES string of the molecule is CC[C@H](C)[C@H](NC(=O)[C@H](CS)NC(=O)[C@H](CC(N)=O)NC(=O)[C@H](CO)NC(=O)[C@H](Cc1ccccc1)NC(=O)[C@H](Cc1ccc(O)cc1)NC(=O)[C@H](CCCCN)NC(=O)[C@H](CC(N)=O)NC(=O)[C@H](CO)NC(=O)[C@@H](NC(C)=O)C(C)C)C(=O)N[C@@H](Cc1cnc[nH]1)C(=O)N[C@@H](Cc1c[nH]c2ccccc12)C(N)=O. The standard InChI is InChI=1S/C71H99N19O18S/c1-6-37(4)59(71(108)86-50(27-42-31-76-35-78-42)64(101)81-47(60(75)97)26-41-30-77-45-17-11-10-16-44(41)45)90-69(106)55(34-109)89-66(103)52(29-57(74)96)85-67(104)53(32-91)87-63(100)48(24-39-14-8-7-9-15-39)83-62(99)49(25-40-19-21-43(94)22-20-40)82-61(98)46(18-12-13-23-72)80-65(102)51(28-56(73)95)84-68(105)54(33-92)88-70(107)58(36(2)3)79-38(5)93/h7-11,14-17,19-22,30-31,35-37,46-55,58-59,77,91-92,94,109H,6,12-13,18,23-29,32-34,72H2,1-5H3,(H2,73,95)(H2,74,96)(H2,75,97)(H,76,78)(H,79,93)(H,80,102)(H,81,101)(H,82,98)(H,83,99)(H,84,105)(H,85,104)(H,86,108)(H,87,100)(H,88,107)(H,89,103)(H,90,106)/t37-,46-,47-,48-,49-,50-,51-,52-,53-,54-,55-,58-,59-/m0/s1. The van der Waals surface area contributed by atoms with Gasteiger partial charge in [-0.05, 0) is 72.5 Å². The molecule has 5 rings (SSSR count). The van der Waals surface area contributed by atoms with Gasteiger partial charge in [0.15, 0.2) is 0 Å². The number of carbonyl (C=O) groups excluding carboxylic acids is 15. The van der Waals surface area contributed by atoms with Crippen LogP contribution in [0.5, 0.6) is 5.75 Å². The lowest BCUT2D eigenvalue weighted by atomic mass is 9.97. The lowest BCUT2D eigenvalue weighted by Gasteiger charge is -2.29. The number of aliphatic hydroxyl groups is 2. The fraction of sp³-hybridized carbons (Fsp3) is 0.465. The summed E-state index contributed by atoms with van der Waals surface area (Å²) in [6.45, 7) is 5.62. The van der Waals surface area contributed by atoms with Crippen molar-refractivity contribution in [2.24, 2.45) is 34.8 Å². The van der Waals surface area contributed by atoms with E-state index in [0.29, 0.717) is 28.8 Å². The Balaban J connectivity index is 1.35. The van der Waals surface area contributed by atoms with E-state index in [9.17, 15) is 87.2 Å². The summed E-state index contributed by atoms with van der Waals surface area (Å²) in [4.78, 5) is 216. The molecule has 2 heterocycles. The van der Waals surface area contributed by atoms with E-state index in [2.05, 4.69) is 91.4 Å². The second-order valence-corrected chi connectivity index (χ2v) is 26.8. The number of aromatic amines is 2. The van der Waals surface area contributed by atoms with Crippen molar-refractivity contribution in [2.45, 2.75) is 171 Å². The van der Waals surface area contributed by atoms with Gasteiger partial charge in [0.05, 0.1) is 32.4 Å². The number of fused-ring (bicyclic) bond motifs is 1. The number of nitrogens with one attached hydrogen (secondary N) is 14. The molecule has 5 aromatic rings. The van der Waals surface area contributed by atoms with Gasteiger partial charge >= 0.3 is 0 Å². The molecule has 38 heteroatoms. The molecule has 0 saturated carbocycles. The summed E-state index contributed by atoms with van der Waals surface area (Å²) in [6.07, 6.45) is 2.29. The quantitative estimate of drug-likeness (QED) is 0.0128. The molecule has 592 valence electrons. The summed E-state index contributed by atoms with van der Waals surface area (Å²) >= 11 is 4.26. The summed E-state index contributed by atoms with van der Waals surface area (Å²) in [6, 6.07) is 1.45. The van der Waals surface area contributed by atoms with Crippen molar-refractivity contribution >= 4 is 112 Å². The average Bonchev–Trinajstić information content (AvgIpc) is 1.68. The minimum atomic E-state index is -1.97. The number of hydrogen-bond acceptors (Lipinski definition) is 21. The van der Waals surface area contributed by atoms with Crippen molar-refractivity contribution in [3.05, 3.63) is 120 Å². The number of aliphatic hydroxyl groups excluding tert-OH is 2. The highest BCUT2D eigenvalue weighted by molar-refractivity contribution is 7.80. The largest absolute Gasteiger partial charge is 0.508 e. The normalized spacial score (nSPS) is 14.7. The van der Waals surface area contributed by atoms with Gasteiger partial charge in [0.25, 0.3) is 0 Å². The van der Waals surface area contributed by atoms with Gasteiger partial charge in [-0.1, -0.05) is 94.8 Å². The summed E-state index contributed by atoms with van der Waals surface area (Å²) < 4.78 is 0. The van der Waals surface area contributed by atoms with Crippen molar-refractivity contribution in [1.29, 1.82) is 0 Å². The van der Waals surface area contributed by atoms with Crippen LogP contribution in [0.25, 0.3) is 10.9 Å². The summed E-state index contributed by atoms with van der Waals surface area (Å²) in [7, 11) is 0. The van der Waals surface area contributed by atoms with E-state index >= 15 is 0 Å². The van der Waals surface area contributed by atoms with Crippen LogP contribution in [0.1, 0.15) is 95.5 Å². The Morgan fingerprint density at radius 1 is 0.477 bits per heavy atom. The molecule has 2 aromatic heterocycles. The van der Waals surface area contributed by atoms with E-state index in [-0.39, 0.29) is 57.2 Å². The molecule has 0 unspecified atom stereocenters. The van der Waals surface area contributed by atoms with Crippen molar-refractivity contribution in [3.8, 4) is 5.75 Å². The molecule has 37 nitrogen and oxygen atoms in total. The van der Waals surface area contributed by atoms with E-state index in [1.165, 1.54) is 36.8 Å². The number of aromatic nitrogens is 3. The maximum absolute atomic E-state index is 14.8. The van der Waals surface area contributed by atoms with Crippen LogP contribution < -0.4 is 86.7 Å². The molecule has 0 spiro atoms. The Bertz CT molecular complexity index is 3960. The summed E-state index contributed by atoms with van der Waals surface area (Å²) in [5, 5.41) is 61.3. The van der Waals surface area contributed by atoms with Gasteiger partial charge in [-0.25, -0.2) is 4.98 Å². The highest BCUT2D eigenvalue weighted by Gasteiger charge is 2.39. The third kappa shape index (κ3) is 28.3. The number of nitrogens with zero attached hydrogens (tertiary/aromatic N) is 1. The van der Waals surface area contributed by atoms with Crippen molar-refractivity contribution in [1.82, 2.24) is 78.8 Å². The van der Waals surface area contributed by atoms with Crippen LogP contribution in [0.2, 0.25) is 0 Å². The molecule has 0 aliphatic rings. The first kappa shape index (κ1) is 88.1. The Morgan fingerprint density at radius 2 is 0.917 bits per heavy atom. The third-order valence-corrected chi connectivity index (χ3v) is 17.9. The van der Waals surface area contributed by atoms with E-state index in [1.54, 1.807) is 70.3 Å². The van der Waals surface area contributed by atoms with Crippen molar-refractivity contribution in [3.63, 3.8) is 0 Å². The van der Waals surface area contributed by atoms with E-state index in [4.69, 9.17) is 22.9 Å². The number of rotatable bonds is 46. The molecule has 25 N–H and O–H groups in total. The number of carbonyl (C=O) groups is 15. The van der Waals surface area contributed by atoms with Crippen molar-refractivity contribution in [2.75, 3.05) is 25.5 Å². The number of hydrogen-bond donors (Lipinski definition) is 22. The predicted octanol–water partition coefficient (Wildman–Crippen LogP) is -5.31. The van der Waals surface area contributed by atoms with Gasteiger partial charge in [0, 0.05) is 67.4 Å². The number of benzene rings is 3. The van der Waals surface area contributed by atoms with Crippen molar-refractivity contribution < 1.29 is 87.2 Å². The second kappa shape index (κ2) is 43.9. The molecule has 0 aliphatic carbocycles. The van der Waals surface area contributed by atoms with Crippen LogP contribution in [0.4, 0.5) is 0 Å². The number of imidazole rings is 1. The molecule has 3 aromatic carbocycles. The fourth-order valence-electron chi connectivity index (χ4n) is 11.3. The number of thiol groups is 1. The average molecular weight is 1540 g/mol. The first-order chi connectivity index (χ1) is 51.8. The summed E-state index contributed by atoms with van der Waals surface area (Å²) in [5.41, 5.74) is 25.2. The highest BCUT2D eigenvalue weighted by Crippen LogP contribution is 2.21. The minimum Gasteiger partial charge on any atom is -0.508 e. The van der Waals surface area contributed by atoms with Crippen LogP contribution in [-0.4, -0.2) is 217 Å². The van der Waals surface area contributed by atoms with Crippen LogP contribution in [0.3, 0.4) is 0 Å².